The van der Waals surface area contributed by atoms with Gasteiger partial charge in [-0.15, -0.1) is 11.6 Å². The molecule has 0 aliphatic heterocycles. The fourth-order valence-electron chi connectivity index (χ4n) is 1.31. The Hall–Kier alpha value is -1.68. The first-order valence-corrected chi connectivity index (χ1v) is 5.36. The molecule has 0 fully saturated rings. The standard InChI is InChI=1S/C12H8ClF2NO/c13-6-8-4-10(14)12(11(15)5-8)17-9-2-1-3-16-7-9/h1-5,7H,6H2. The van der Waals surface area contributed by atoms with Crippen LogP contribution in [0.4, 0.5) is 8.78 Å². The second kappa shape index (κ2) is 5.10. The second-order valence-corrected chi connectivity index (χ2v) is 3.58. The second-order valence-electron chi connectivity index (χ2n) is 3.31. The number of hydrogen-bond donors (Lipinski definition) is 0. The van der Waals surface area contributed by atoms with Gasteiger partial charge in [0.15, 0.2) is 17.4 Å². The number of alkyl halides is 1. The first-order valence-electron chi connectivity index (χ1n) is 4.82. The molecule has 0 atom stereocenters. The van der Waals surface area contributed by atoms with Gasteiger partial charge in [0, 0.05) is 12.1 Å². The summed E-state index contributed by atoms with van der Waals surface area (Å²) in [6.07, 6.45) is 2.91. The lowest BCUT2D eigenvalue weighted by atomic mass is 10.2. The highest BCUT2D eigenvalue weighted by molar-refractivity contribution is 6.17. The number of hydrogen-bond acceptors (Lipinski definition) is 2. The van der Waals surface area contributed by atoms with E-state index in [9.17, 15) is 8.78 Å². The molecule has 0 saturated heterocycles. The molecule has 1 aromatic heterocycles. The average Bonchev–Trinajstić information content (AvgIpc) is 2.35. The monoisotopic (exact) mass is 255 g/mol. The van der Waals surface area contributed by atoms with E-state index in [1.54, 1.807) is 12.1 Å². The van der Waals surface area contributed by atoms with Gasteiger partial charge in [0.25, 0.3) is 0 Å². The minimum atomic E-state index is -0.787. The van der Waals surface area contributed by atoms with E-state index in [0.717, 1.165) is 12.1 Å². The van der Waals surface area contributed by atoms with Crippen molar-refractivity contribution in [2.24, 2.45) is 0 Å². The number of pyridine rings is 1. The molecule has 2 nitrogen and oxygen atoms in total. The van der Waals surface area contributed by atoms with E-state index in [0.29, 0.717) is 5.56 Å². The van der Waals surface area contributed by atoms with Gasteiger partial charge in [-0.3, -0.25) is 4.98 Å². The molecule has 0 aliphatic carbocycles. The summed E-state index contributed by atoms with van der Waals surface area (Å²) >= 11 is 5.50. The maximum Gasteiger partial charge on any atom is 0.198 e. The molecule has 5 heteroatoms. The molecule has 0 bridgehead atoms. The molecular formula is C12H8ClF2NO. The summed E-state index contributed by atoms with van der Waals surface area (Å²) in [7, 11) is 0. The molecule has 0 amide bonds. The molecule has 17 heavy (non-hydrogen) atoms. The third-order valence-electron chi connectivity index (χ3n) is 2.07. The van der Waals surface area contributed by atoms with Crippen LogP contribution in [-0.4, -0.2) is 4.98 Å². The number of rotatable bonds is 3. The predicted molar refractivity (Wildman–Crippen MR) is 60.2 cm³/mol. The molecule has 0 saturated carbocycles. The molecule has 0 aliphatic rings. The maximum absolute atomic E-state index is 13.5. The van der Waals surface area contributed by atoms with E-state index in [-0.39, 0.29) is 11.6 Å². The Morgan fingerprint density at radius 1 is 1.24 bits per heavy atom. The van der Waals surface area contributed by atoms with Crippen molar-refractivity contribution in [3.63, 3.8) is 0 Å². The van der Waals surface area contributed by atoms with Crippen molar-refractivity contribution in [1.29, 1.82) is 0 Å². The Morgan fingerprint density at radius 2 is 1.94 bits per heavy atom. The van der Waals surface area contributed by atoms with E-state index in [1.165, 1.54) is 12.4 Å². The van der Waals surface area contributed by atoms with E-state index in [1.807, 2.05) is 0 Å². The highest BCUT2D eigenvalue weighted by atomic mass is 35.5. The number of halogens is 3. The Morgan fingerprint density at radius 3 is 2.47 bits per heavy atom. The van der Waals surface area contributed by atoms with Gasteiger partial charge in [-0.05, 0) is 29.8 Å². The van der Waals surface area contributed by atoms with Crippen LogP contribution in [0.2, 0.25) is 0 Å². The lowest BCUT2D eigenvalue weighted by molar-refractivity contribution is 0.405. The number of benzene rings is 1. The summed E-state index contributed by atoms with van der Waals surface area (Å²) in [5.41, 5.74) is 0.361. The zero-order valence-corrected chi connectivity index (χ0v) is 9.42. The van der Waals surface area contributed by atoms with Crippen molar-refractivity contribution >= 4 is 11.6 Å². The van der Waals surface area contributed by atoms with Gasteiger partial charge in [-0.1, -0.05) is 0 Å². The van der Waals surface area contributed by atoms with Crippen LogP contribution in [0, 0.1) is 11.6 Å². The highest BCUT2D eigenvalue weighted by Crippen LogP contribution is 2.28. The molecule has 0 radical (unpaired) electrons. The smallest absolute Gasteiger partial charge is 0.198 e. The maximum atomic E-state index is 13.5. The largest absolute Gasteiger partial charge is 0.450 e. The highest BCUT2D eigenvalue weighted by Gasteiger charge is 2.13. The zero-order valence-electron chi connectivity index (χ0n) is 8.66. The fraction of sp³-hybridized carbons (Fsp3) is 0.0833. The molecule has 88 valence electrons. The van der Waals surface area contributed by atoms with E-state index < -0.39 is 17.4 Å². The molecule has 1 aromatic carbocycles. The average molecular weight is 256 g/mol. The van der Waals surface area contributed by atoms with Gasteiger partial charge in [-0.25, -0.2) is 8.78 Å². The number of nitrogens with zero attached hydrogens (tertiary/aromatic N) is 1. The van der Waals surface area contributed by atoms with Crippen LogP contribution in [0.1, 0.15) is 5.56 Å². The van der Waals surface area contributed by atoms with Gasteiger partial charge in [0.05, 0.1) is 6.20 Å². The predicted octanol–water partition coefficient (Wildman–Crippen LogP) is 3.89. The summed E-state index contributed by atoms with van der Waals surface area (Å²) < 4.78 is 32.2. The summed E-state index contributed by atoms with van der Waals surface area (Å²) in [6.45, 7) is 0. The molecule has 0 N–H and O–H groups in total. The van der Waals surface area contributed by atoms with Gasteiger partial charge in [0.1, 0.15) is 5.75 Å². The van der Waals surface area contributed by atoms with Crippen LogP contribution in [0.15, 0.2) is 36.7 Å². The minimum Gasteiger partial charge on any atom is -0.450 e. The first kappa shape index (κ1) is 11.8. The lowest BCUT2D eigenvalue weighted by Gasteiger charge is -2.08. The topological polar surface area (TPSA) is 22.1 Å². The third kappa shape index (κ3) is 2.71. The number of aromatic nitrogens is 1. The van der Waals surface area contributed by atoms with Crippen LogP contribution in [-0.2, 0) is 5.88 Å². The van der Waals surface area contributed by atoms with Crippen molar-refractivity contribution in [2.45, 2.75) is 5.88 Å². The quantitative estimate of drug-likeness (QED) is 0.776. The van der Waals surface area contributed by atoms with Crippen molar-refractivity contribution in [3.05, 3.63) is 53.9 Å². The summed E-state index contributed by atoms with van der Waals surface area (Å²) in [5, 5.41) is 0. The lowest BCUT2D eigenvalue weighted by Crippen LogP contribution is -1.95. The van der Waals surface area contributed by atoms with Gasteiger partial charge in [0.2, 0.25) is 0 Å². The molecule has 1 heterocycles. The molecule has 0 unspecified atom stereocenters. The Labute approximate surface area is 102 Å². The van der Waals surface area contributed by atoms with Crippen molar-refractivity contribution < 1.29 is 13.5 Å². The fourth-order valence-corrected chi connectivity index (χ4v) is 1.47. The van der Waals surface area contributed by atoms with Crippen molar-refractivity contribution in [1.82, 2.24) is 4.98 Å². The summed E-state index contributed by atoms with van der Waals surface area (Å²) in [5.74, 6) is -1.72. The Kier molecular flexibility index (Phi) is 3.54. The molecular weight excluding hydrogens is 248 g/mol. The summed E-state index contributed by atoms with van der Waals surface area (Å²) in [4.78, 5) is 3.78. The van der Waals surface area contributed by atoms with Crippen molar-refractivity contribution in [2.75, 3.05) is 0 Å². The minimum absolute atomic E-state index is 0.0427. The third-order valence-corrected chi connectivity index (χ3v) is 2.38. The number of ether oxygens (including phenoxy) is 1. The first-order chi connectivity index (χ1) is 8.20. The molecule has 0 spiro atoms. The van der Waals surface area contributed by atoms with Crippen molar-refractivity contribution in [3.8, 4) is 11.5 Å². The Balaban J connectivity index is 2.33. The summed E-state index contributed by atoms with van der Waals surface area (Å²) in [6, 6.07) is 5.45. The van der Waals surface area contributed by atoms with E-state index in [2.05, 4.69) is 4.98 Å². The molecule has 2 aromatic rings. The van der Waals surface area contributed by atoms with Crippen LogP contribution in [0.5, 0.6) is 11.5 Å². The van der Waals surface area contributed by atoms with Crippen LogP contribution < -0.4 is 4.74 Å². The molecule has 2 rings (SSSR count). The normalized spacial score (nSPS) is 10.3. The van der Waals surface area contributed by atoms with Gasteiger partial charge < -0.3 is 4.74 Å². The van der Waals surface area contributed by atoms with Gasteiger partial charge >= 0.3 is 0 Å². The van der Waals surface area contributed by atoms with Crippen LogP contribution >= 0.6 is 11.6 Å². The van der Waals surface area contributed by atoms with Crippen LogP contribution in [0.3, 0.4) is 0 Å². The van der Waals surface area contributed by atoms with Gasteiger partial charge in [-0.2, -0.15) is 0 Å². The Bertz CT molecular complexity index is 496. The van der Waals surface area contributed by atoms with E-state index in [4.69, 9.17) is 16.3 Å². The van der Waals surface area contributed by atoms with Crippen LogP contribution in [0.25, 0.3) is 0 Å². The zero-order chi connectivity index (χ0) is 12.3. The van der Waals surface area contributed by atoms with E-state index >= 15 is 0 Å². The SMILES string of the molecule is Fc1cc(CCl)cc(F)c1Oc1cccnc1.